The monoisotopic (exact) mass is 385 g/mol. The number of hydrogen-bond donors (Lipinski definition) is 0. The highest BCUT2D eigenvalue weighted by Gasteiger charge is 2.40. The summed E-state index contributed by atoms with van der Waals surface area (Å²) in [5.41, 5.74) is -0.185. The Kier molecular flexibility index (Phi) is 6.54. The Morgan fingerprint density at radius 3 is 2.19 bits per heavy atom. The molecule has 27 heavy (non-hydrogen) atoms. The minimum atomic E-state index is -1.57. The summed E-state index contributed by atoms with van der Waals surface area (Å²) in [5.74, 6) is -0.871. The number of esters is 1. The summed E-state index contributed by atoms with van der Waals surface area (Å²) < 4.78 is 4.91. The molecule has 0 heterocycles. The average Bonchev–Trinajstić information content (AvgIpc) is 2.62. The van der Waals surface area contributed by atoms with E-state index in [1.54, 1.807) is 0 Å². The molecule has 0 aromatic heterocycles. The molecule has 0 atom stereocenters. The molecule has 6 heteroatoms. The van der Waals surface area contributed by atoms with E-state index in [1.807, 2.05) is 35.2 Å². The number of ketones is 1. The summed E-state index contributed by atoms with van der Waals surface area (Å²) in [4.78, 5) is 38.9. The number of carbonyl (C=O) groups is 3. The minimum Gasteiger partial charge on any atom is -0.468 e. The van der Waals surface area contributed by atoms with E-state index in [1.165, 1.54) is 31.4 Å². The Hall–Kier alpha value is -2.47. The molecule has 1 aliphatic carbocycles. The van der Waals surface area contributed by atoms with Crippen LogP contribution in [0.5, 0.6) is 0 Å². The predicted molar refractivity (Wildman–Crippen MR) is 108 cm³/mol. The smallest absolute Gasteiger partial charge is 0.320 e. The summed E-state index contributed by atoms with van der Waals surface area (Å²) in [7, 11) is -0.287. The third kappa shape index (κ3) is 5.75. The SMILES string of the molecule is COC(=O)C1(CC(=O)N(Cc2ccccc2)C[Si](C)(C)C)C=CC(=O)C=C1. The fraction of sp³-hybridized carbons (Fsp3) is 0.381. The van der Waals surface area contributed by atoms with Crippen molar-refractivity contribution in [3.8, 4) is 0 Å². The Labute approximate surface area is 161 Å². The van der Waals surface area contributed by atoms with Crippen molar-refractivity contribution < 1.29 is 19.1 Å². The number of methoxy groups -OCH3 is 1. The van der Waals surface area contributed by atoms with Gasteiger partial charge in [-0.05, 0) is 17.7 Å². The van der Waals surface area contributed by atoms with Gasteiger partial charge in [-0.3, -0.25) is 14.4 Å². The summed E-state index contributed by atoms with van der Waals surface area (Å²) in [5, 5.41) is 0. The second kappa shape index (κ2) is 8.48. The Balaban J connectivity index is 2.27. The number of ether oxygens (including phenoxy) is 1. The van der Waals surface area contributed by atoms with Crippen LogP contribution in [-0.4, -0.2) is 43.9 Å². The van der Waals surface area contributed by atoms with Crippen LogP contribution in [0.1, 0.15) is 12.0 Å². The van der Waals surface area contributed by atoms with Crippen molar-refractivity contribution >= 4 is 25.7 Å². The van der Waals surface area contributed by atoms with Crippen molar-refractivity contribution in [1.29, 1.82) is 0 Å². The molecule has 2 rings (SSSR count). The van der Waals surface area contributed by atoms with Crippen LogP contribution < -0.4 is 0 Å². The van der Waals surface area contributed by atoms with Crippen LogP contribution in [0.3, 0.4) is 0 Å². The maximum Gasteiger partial charge on any atom is 0.320 e. The molecule has 0 saturated heterocycles. The maximum absolute atomic E-state index is 13.2. The van der Waals surface area contributed by atoms with Crippen molar-refractivity contribution in [2.24, 2.45) is 5.41 Å². The van der Waals surface area contributed by atoms with E-state index in [0.717, 1.165) is 5.56 Å². The number of carbonyl (C=O) groups excluding carboxylic acids is 3. The zero-order valence-corrected chi connectivity index (χ0v) is 17.4. The molecule has 0 fully saturated rings. The molecule has 1 aromatic carbocycles. The van der Waals surface area contributed by atoms with Gasteiger partial charge in [0, 0.05) is 19.1 Å². The molecule has 5 nitrogen and oxygen atoms in total. The van der Waals surface area contributed by atoms with Crippen LogP contribution in [0.4, 0.5) is 0 Å². The largest absolute Gasteiger partial charge is 0.468 e. The molecule has 1 amide bonds. The Morgan fingerprint density at radius 1 is 1.07 bits per heavy atom. The lowest BCUT2D eigenvalue weighted by molar-refractivity contribution is -0.151. The zero-order valence-electron chi connectivity index (χ0n) is 16.4. The lowest BCUT2D eigenvalue weighted by atomic mass is 9.80. The third-order valence-electron chi connectivity index (χ3n) is 4.33. The van der Waals surface area contributed by atoms with E-state index in [-0.39, 0.29) is 18.1 Å². The first-order valence-electron chi connectivity index (χ1n) is 8.98. The fourth-order valence-corrected chi connectivity index (χ4v) is 4.49. The minimum absolute atomic E-state index is 0.0583. The molecule has 0 N–H and O–H groups in total. The van der Waals surface area contributed by atoms with E-state index in [2.05, 4.69) is 19.6 Å². The fourth-order valence-electron chi connectivity index (χ4n) is 3.06. The molecular weight excluding hydrogens is 358 g/mol. The van der Waals surface area contributed by atoms with Crippen molar-refractivity contribution in [3.05, 3.63) is 60.2 Å². The van der Waals surface area contributed by atoms with E-state index >= 15 is 0 Å². The summed E-state index contributed by atoms with van der Waals surface area (Å²) in [6.45, 7) is 7.10. The van der Waals surface area contributed by atoms with Crippen LogP contribution in [-0.2, 0) is 25.7 Å². The highest BCUT2D eigenvalue weighted by molar-refractivity contribution is 6.76. The van der Waals surface area contributed by atoms with Gasteiger partial charge < -0.3 is 9.64 Å². The predicted octanol–water partition coefficient (Wildman–Crippen LogP) is 3.14. The normalized spacial score (nSPS) is 15.5. The number of amides is 1. The molecule has 1 aliphatic rings. The first-order chi connectivity index (χ1) is 12.6. The van der Waals surface area contributed by atoms with E-state index in [0.29, 0.717) is 12.7 Å². The van der Waals surface area contributed by atoms with Gasteiger partial charge in [0.2, 0.25) is 5.91 Å². The van der Waals surface area contributed by atoms with Gasteiger partial charge in [0.25, 0.3) is 0 Å². The van der Waals surface area contributed by atoms with Crippen LogP contribution in [0.25, 0.3) is 0 Å². The maximum atomic E-state index is 13.2. The number of benzene rings is 1. The second-order valence-corrected chi connectivity index (χ2v) is 13.5. The zero-order chi connectivity index (χ0) is 20.1. The summed E-state index contributed by atoms with van der Waals surface area (Å²) in [6, 6.07) is 9.80. The van der Waals surface area contributed by atoms with Gasteiger partial charge in [0.15, 0.2) is 5.78 Å². The van der Waals surface area contributed by atoms with E-state index in [9.17, 15) is 14.4 Å². The van der Waals surface area contributed by atoms with Crippen molar-refractivity contribution in [3.63, 3.8) is 0 Å². The van der Waals surface area contributed by atoms with Crippen LogP contribution in [0.15, 0.2) is 54.6 Å². The number of hydrogen-bond acceptors (Lipinski definition) is 4. The van der Waals surface area contributed by atoms with Gasteiger partial charge in [0.1, 0.15) is 5.41 Å². The quantitative estimate of drug-likeness (QED) is 0.534. The summed E-state index contributed by atoms with van der Waals surface area (Å²) in [6.07, 6.45) is 6.23. The average molecular weight is 386 g/mol. The molecule has 144 valence electrons. The Morgan fingerprint density at radius 2 is 1.67 bits per heavy atom. The number of nitrogens with zero attached hydrogens (tertiary/aromatic N) is 1. The van der Waals surface area contributed by atoms with Gasteiger partial charge in [-0.15, -0.1) is 0 Å². The molecule has 0 bridgehead atoms. The van der Waals surface area contributed by atoms with Gasteiger partial charge in [-0.2, -0.15) is 0 Å². The van der Waals surface area contributed by atoms with Crippen molar-refractivity contribution in [2.75, 3.05) is 13.3 Å². The molecule has 0 saturated carbocycles. The second-order valence-electron chi connectivity index (χ2n) is 8.07. The first kappa shape index (κ1) is 20.8. The first-order valence-corrected chi connectivity index (χ1v) is 12.7. The third-order valence-corrected chi connectivity index (χ3v) is 5.66. The van der Waals surface area contributed by atoms with Crippen molar-refractivity contribution in [1.82, 2.24) is 4.90 Å². The van der Waals surface area contributed by atoms with Crippen molar-refractivity contribution in [2.45, 2.75) is 32.6 Å². The topological polar surface area (TPSA) is 63.7 Å². The highest BCUT2D eigenvalue weighted by atomic mass is 28.3. The lowest BCUT2D eigenvalue weighted by Gasteiger charge is -2.33. The van der Waals surface area contributed by atoms with Gasteiger partial charge in [-0.1, -0.05) is 62.1 Å². The van der Waals surface area contributed by atoms with E-state index in [4.69, 9.17) is 4.74 Å². The van der Waals surface area contributed by atoms with Gasteiger partial charge >= 0.3 is 5.97 Å². The number of allylic oxidation sites excluding steroid dienone is 2. The van der Waals surface area contributed by atoms with Gasteiger partial charge in [-0.25, -0.2) is 0 Å². The molecule has 0 spiro atoms. The Bertz CT molecular complexity index is 746. The molecule has 0 unspecified atom stereocenters. The van der Waals surface area contributed by atoms with Gasteiger partial charge in [0.05, 0.1) is 15.2 Å². The molecule has 0 aliphatic heterocycles. The molecule has 0 radical (unpaired) electrons. The lowest BCUT2D eigenvalue weighted by Crippen LogP contribution is -2.45. The van der Waals surface area contributed by atoms with E-state index < -0.39 is 19.5 Å². The number of rotatable bonds is 7. The molecule has 1 aromatic rings. The highest BCUT2D eigenvalue weighted by Crippen LogP contribution is 2.32. The van der Waals surface area contributed by atoms with Crippen LogP contribution >= 0.6 is 0 Å². The molecular formula is C21H27NO4Si. The standard InChI is InChI=1S/C21H27NO4Si/c1-26-20(25)21(12-10-18(23)11-13-21)14-19(24)22(16-27(2,3)4)15-17-8-6-5-7-9-17/h5-13H,14-16H2,1-4H3. The summed E-state index contributed by atoms with van der Waals surface area (Å²) >= 11 is 0. The van der Waals surface area contributed by atoms with Crippen LogP contribution in [0, 0.1) is 5.41 Å². The van der Waals surface area contributed by atoms with Crippen LogP contribution in [0.2, 0.25) is 19.6 Å².